The average Bonchev–Trinajstić information content (AvgIpc) is 2.27. The molecular weight excluding hydrogens is 251 g/mol. The predicted molar refractivity (Wildman–Crippen MR) is 60.7 cm³/mol. The first-order valence-electron chi connectivity index (χ1n) is 5.45. The Bertz CT molecular complexity index is 424. The summed E-state index contributed by atoms with van der Waals surface area (Å²) in [6.07, 6.45) is -0.205. The molecular formula is C12H13ClF3N. The minimum Gasteiger partial charge on any atom is -0.321 e. The number of rotatable bonds is 1. The molecule has 1 nitrogen and oxygen atoms in total. The molecule has 0 radical (unpaired) electrons. The topological polar surface area (TPSA) is 26.0 Å². The molecule has 17 heavy (non-hydrogen) atoms. The highest BCUT2D eigenvalue weighted by atomic mass is 35.5. The first kappa shape index (κ1) is 12.7. The van der Waals surface area contributed by atoms with Crippen LogP contribution < -0.4 is 5.73 Å². The summed E-state index contributed by atoms with van der Waals surface area (Å²) in [6, 6.07) is 4.26. The van der Waals surface area contributed by atoms with E-state index in [0.29, 0.717) is 5.56 Å². The van der Waals surface area contributed by atoms with Crippen molar-refractivity contribution in [3.63, 3.8) is 0 Å². The van der Waals surface area contributed by atoms with Gasteiger partial charge in [-0.05, 0) is 30.5 Å². The molecule has 94 valence electrons. The Kier molecular flexibility index (Phi) is 3.12. The Morgan fingerprint density at radius 3 is 2.24 bits per heavy atom. The zero-order valence-electron chi connectivity index (χ0n) is 9.15. The summed E-state index contributed by atoms with van der Waals surface area (Å²) in [5, 5.41) is 0.0125. The zero-order valence-corrected chi connectivity index (χ0v) is 9.91. The van der Waals surface area contributed by atoms with Crippen LogP contribution in [0, 0.1) is 5.82 Å². The fourth-order valence-corrected chi connectivity index (χ4v) is 2.27. The van der Waals surface area contributed by atoms with Crippen LogP contribution >= 0.6 is 11.6 Å². The second-order valence-corrected chi connectivity index (χ2v) is 5.05. The van der Waals surface area contributed by atoms with Crippen LogP contribution in [0.15, 0.2) is 18.2 Å². The largest absolute Gasteiger partial charge is 0.321 e. The van der Waals surface area contributed by atoms with Crippen molar-refractivity contribution < 1.29 is 13.2 Å². The second kappa shape index (κ2) is 4.18. The number of hydrogen-bond donors (Lipinski definition) is 1. The van der Waals surface area contributed by atoms with Crippen LogP contribution in [0.4, 0.5) is 13.2 Å². The van der Waals surface area contributed by atoms with Gasteiger partial charge in [-0.25, -0.2) is 13.2 Å². The lowest BCUT2D eigenvalue weighted by molar-refractivity contribution is -0.0514. The van der Waals surface area contributed by atoms with Crippen LogP contribution in [-0.2, 0) is 5.54 Å². The summed E-state index contributed by atoms with van der Waals surface area (Å²) < 4.78 is 39.4. The molecule has 0 heterocycles. The Labute approximate surface area is 103 Å². The van der Waals surface area contributed by atoms with Gasteiger partial charge in [-0.15, -0.1) is 0 Å². The van der Waals surface area contributed by atoms with Gasteiger partial charge >= 0.3 is 0 Å². The van der Waals surface area contributed by atoms with Gasteiger partial charge in [0, 0.05) is 18.4 Å². The summed E-state index contributed by atoms with van der Waals surface area (Å²) in [6.45, 7) is 0. The molecule has 1 aromatic rings. The lowest BCUT2D eigenvalue weighted by atomic mass is 9.76. The third-order valence-corrected chi connectivity index (χ3v) is 3.67. The highest BCUT2D eigenvalue weighted by molar-refractivity contribution is 6.30. The first-order valence-corrected chi connectivity index (χ1v) is 5.82. The standard InChI is InChI=1S/C12H13ClF3N/c13-9-2-1-8(7-10(9)14)11(17)3-5-12(15,16)6-4-11/h1-2,7H,3-6,17H2. The van der Waals surface area contributed by atoms with Crippen molar-refractivity contribution in [3.8, 4) is 0 Å². The maximum atomic E-state index is 13.3. The Morgan fingerprint density at radius 1 is 1.12 bits per heavy atom. The van der Waals surface area contributed by atoms with Gasteiger partial charge < -0.3 is 5.73 Å². The monoisotopic (exact) mass is 263 g/mol. The van der Waals surface area contributed by atoms with E-state index in [4.69, 9.17) is 17.3 Å². The van der Waals surface area contributed by atoms with Gasteiger partial charge in [0.1, 0.15) is 5.82 Å². The predicted octanol–water partition coefficient (Wildman–Crippen LogP) is 3.84. The molecule has 1 saturated carbocycles. The lowest BCUT2D eigenvalue weighted by Gasteiger charge is -2.37. The van der Waals surface area contributed by atoms with Gasteiger partial charge in [0.25, 0.3) is 0 Å². The van der Waals surface area contributed by atoms with Gasteiger partial charge in [0.05, 0.1) is 5.02 Å². The molecule has 0 spiro atoms. The van der Waals surface area contributed by atoms with Crippen molar-refractivity contribution in [1.29, 1.82) is 0 Å². The molecule has 2 rings (SSSR count). The van der Waals surface area contributed by atoms with Crippen LogP contribution in [0.2, 0.25) is 5.02 Å². The van der Waals surface area contributed by atoms with E-state index >= 15 is 0 Å². The van der Waals surface area contributed by atoms with Gasteiger partial charge in [0.15, 0.2) is 0 Å². The lowest BCUT2D eigenvalue weighted by Crippen LogP contribution is -2.43. The maximum absolute atomic E-state index is 13.3. The van der Waals surface area contributed by atoms with E-state index in [1.165, 1.54) is 12.1 Å². The third kappa shape index (κ3) is 2.58. The summed E-state index contributed by atoms with van der Waals surface area (Å²) >= 11 is 5.57. The summed E-state index contributed by atoms with van der Waals surface area (Å²) in [5.41, 5.74) is 5.75. The van der Waals surface area contributed by atoms with Crippen LogP contribution in [0.5, 0.6) is 0 Å². The van der Waals surface area contributed by atoms with Crippen LogP contribution in [0.1, 0.15) is 31.2 Å². The highest BCUT2D eigenvalue weighted by Gasteiger charge is 2.42. The summed E-state index contributed by atoms with van der Waals surface area (Å²) in [4.78, 5) is 0. The highest BCUT2D eigenvalue weighted by Crippen LogP contribution is 2.42. The molecule has 1 aliphatic carbocycles. The third-order valence-electron chi connectivity index (χ3n) is 3.37. The molecule has 0 bridgehead atoms. The second-order valence-electron chi connectivity index (χ2n) is 4.64. The minimum absolute atomic E-state index is 0.0125. The first-order chi connectivity index (χ1) is 7.82. The van der Waals surface area contributed by atoms with Crippen molar-refractivity contribution in [2.45, 2.75) is 37.1 Å². The average molecular weight is 264 g/mol. The molecule has 0 unspecified atom stereocenters. The molecule has 0 aromatic heterocycles. The Balaban J connectivity index is 2.24. The molecule has 5 heteroatoms. The van der Waals surface area contributed by atoms with Crippen LogP contribution in [-0.4, -0.2) is 5.92 Å². The van der Waals surface area contributed by atoms with Crippen molar-refractivity contribution in [3.05, 3.63) is 34.6 Å². The van der Waals surface area contributed by atoms with Gasteiger partial charge in [0.2, 0.25) is 5.92 Å². The fourth-order valence-electron chi connectivity index (χ4n) is 2.16. The molecule has 0 aliphatic heterocycles. The molecule has 2 N–H and O–H groups in total. The maximum Gasteiger partial charge on any atom is 0.248 e. The summed E-state index contributed by atoms with van der Waals surface area (Å²) in [7, 11) is 0. The number of halogens is 4. The molecule has 0 saturated heterocycles. The van der Waals surface area contributed by atoms with Crippen molar-refractivity contribution in [2.24, 2.45) is 5.73 Å². The SMILES string of the molecule is NC1(c2ccc(Cl)c(F)c2)CCC(F)(F)CC1. The molecule has 1 aromatic carbocycles. The summed E-state index contributed by atoms with van der Waals surface area (Å²) in [5.74, 6) is -3.21. The minimum atomic E-state index is -2.64. The Hall–Kier alpha value is -0.740. The van der Waals surface area contributed by atoms with E-state index in [1.54, 1.807) is 6.07 Å². The van der Waals surface area contributed by atoms with Crippen molar-refractivity contribution >= 4 is 11.6 Å². The van der Waals surface area contributed by atoms with E-state index in [1.807, 2.05) is 0 Å². The van der Waals surface area contributed by atoms with E-state index in [-0.39, 0.29) is 30.7 Å². The number of nitrogens with two attached hydrogens (primary N) is 1. The normalized spacial score (nSPS) is 22.4. The zero-order chi connectivity index (χ0) is 12.7. The number of alkyl halides is 2. The van der Waals surface area contributed by atoms with Crippen LogP contribution in [0.25, 0.3) is 0 Å². The van der Waals surface area contributed by atoms with E-state index in [9.17, 15) is 13.2 Å². The van der Waals surface area contributed by atoms with Gasteiger partial charge in [-0.1, -0.05) is 17.7 Å². The fraction of sp³-hybridized carbons (Fsp3) is 0.500. The van der Waals surface area contributed by atoms with Crippen LogP contribution in [0.3, 0.4) is 0 Å². The van der Waals surface area contributed by atoms with Crippen molar-refractivity contribution in [1.82, 2.24) is 0 Å². The number of benzene rings is 1. The van der Waals surface area contributed by atoms with E-state index in [0.717, 1.165) is 0 Å². The van der Waals surface area contributed by atoms with Gasteiger partial charge in [-0.3, -0.25) is 0 Å². The molecule has 0 atom stereocenters. The molecule has 0 amide bonds. The van der Waals surface area contributed by atoms with Crippen molar-refractivity contribution in [2.75, 3.05) is 0 Å². The van der Waals surface area contributed by atoms with Gasteiger partial charge in [-0.2, -0.15) is 0 Å². The Morgan fingerprint density at radius 2 is 1.71 bits per heavy atom. The number of hydrogen-bond acceptors (Lipinski definition) is 1. The van der Waals surface area contributed by atoms with E-state index in [2.05, 4.69) is 0 Å². The molecule has 1 fully saturated rings. The smallest absolute Gasteiger partial charge is 0.248 e. The van der Waals surface area contributed by atoms with E-state index < -0.39 is 17.3 Å². The quantitative estimate of drug-likeness (QED) is 0.818. The molecule has 1 aliphatic rings.